The number of benzene rings is 2. The monoisotopic (exact) mass is 488 g/mol. The third-order valence-corrected chi connectivity index (χ3v) is 7.36. The second kappa shape index (κ2) is 8.73. The van der Waals surface area contributed by atoms with Crippen molar-refractivity contribution < 1.29 is 13.2 Å². The maximum absolute atomic E-state index is 12.7. The Labute approximate surface area is 192 Å². The summed E-state index contributed by atoms with van der Waals surface area (Å²) in [4.78, 5) is 31.1. The van der Waals surface area contributed by atoms with Gasteiger partial charge in [0.25, 0.3) is 21.5 Å². The van der Waals surface area contributed by atoms with Crippen molar-refractivity contribution in [1.29, 1.82) is 0 Å². The highest BCUT2D eigenvalue weighted by molar-refractivity contribution is 7.92. The quantitative estimate of drug-likeness (QED) is 0.428. The third-order valence-electron chi connectivity index (χ3n) is 4.56. The number of nitrogens with zero attached hydrogens (tertiary/aromatic N) is 2. The largest absolute Gasteiger partial charge is 0.280 e. The zero-order chi connectivity index (χ0) is 22.9. The first-order valence-electron chi connectivity index (χ1n) is 9.47. The number of thiophene rings is 1. The molecule has 1 amide bonds. The Morgan fingerprint density at radius 1 is 1.16 bits per heavy atom. The molecule has 0 radical (unpaired) electrons. The molecular formula is C21H17ClN4O4S2. The predicted molar refractivity (Wildman–Crippen MR) is 126 cm³/mol. The van der Waals surface area contributed by atoms with E-state index in [4.69, 9.17) is 11.6 Å². The van der Waals surface area contributed by atoms with Crippen LogP contribution in [-0.4, -0.2) is 24.0 Å². The van der Waals surface area contributed by atoms with Gasteiger partial charge in [-0.15, -0.1) is 11.3 Å². The Morgan fingerprint density at radius 2 is 1.94 bits per heavy atom. The van der Waals surface area contributed by atoms with E-state index in [1.165, 1.54) is 48.0 Å². The van der Waals surface area contributed by atoms with Crippen molar-refractivity contribution in [2.24, 2.45) is 0 Å². The molecule has 4 aromatic rings. The number of anilines is 1. The number of halogens is 1. The van der Waals surface area contributed by atoms with Crippen LogP contribution in [0.5, 0.6) is 0 Å². The Bertz CT molecular complexity index is 1500. The van der Waals surface area contributed by atoms with Crippen LogP contribution >= 0.6 is 22.9 Å². The van der Waals surface area contributed by atoms with Gasteiger partial charge in [-0.2, -0.15) is 0 Å². The van der Waals surface area contributed by atoms with E-state index in [2.05, 4.69) is 15.1 Å². The fourth-order valence-corrected chi connectivity index (χ4v) is 5.18. The highest BCUT2D eigenvalue weighted by Crippen LogP contribution is 2.22. The highest BCUT2D eigenvalue weighted by Gasteiger charge is 2.18. The Morgan fingerprint density at radius 3 is 2.69 bits per heavy atom. The average Bonchev–Trinajstić information content (AvgIpc) is 3.20. The number of carbonyl (C=O) groups excluding carboxylic acids is 1. The van der Waals surface area contributed by atoms with E-state index >= 15 is 0 Å². The second-order valence-electron chi connectivity index (χ2n) is 6.79. The molecule has 2 N–H and O–H groups in total. The van der Waals surface area contributed by atoms with Crippen LogP contribution < -0.4 is 15.7 Å². The molecule has 0 aliphatic rings. The molecule has 164 valence electrons. The molecule has 2 aromatic carbocycles. The van der Waals surface area contributed by atoms with Gasteiger partial charge in [-0.1, -0.05) is 30.7 Å². The number of amides is 1. The molecule has 0 atom stereocenters. The number of rotatable bonds is 6. The van der Waals surface area contributed by atoms with Crippen LogP contribution in [0.2, 0.25) is 5.02 Å². The molecule has 2 heterocycles. The van der Waals surface area contributed by atoms with Crippen LogP contribution in [0.15, 0.2) is 70.6 Å². The van der Waals surface area contributed by atoms with E-state index in [1.807, 2.05) is 6.92 Å². The van der Waals surface area contributed by atoms with E-state index in [9.17, 15) is 18.0 Å². The SMILES string of the molecule is CCc1cc2c(=O)n(NC(=O)c3cccc(S(=O)(=O)Nc4cccc(Cl)c4)c3)cnc2s1. The molecule has 0 unspecified atom stereocenters. The Hall–Kier alpha value is -3.21. The molecule has 4 rings (SSSR count). The van der Waals surface area contributed by atoms with Crippen LogP contribution in [0.1, 0.15) is 22.2 Å². The van der Waals surface area contributed by atoms with Crippen LogP contribution in [0.3, 0.4) is 0 Å². The number of aromatic nitrogens is 2. The van der Waals surface area contributed by atoms with Gasteiger partial charge in [-0.3, -0.25) is 19.7 Å². The van der Waals surface area contributed by atoms with Gasteiger partial charge in [0.05, 0.1) is 16.0 Å². The number of hydrogen-bond acceptors (Lipinski definition) is 6. The summed E-state index contributed by atoms with van der Waals surface area (Å²) in [5.41, 5.74) is 2.40. The van der Waals surface area contributed by atoms with Crippen molar-refractivity contribution >= 4 is 54.8 Å². The molecule has 2 aromatic heterocycles. The van der Waals surface area contributed by atoms with Gasteiger partial charge in [-0.05, 0) is 48.9 Å². The fourth-order valence-electron chi connectivity index (χ4n) is 2.97. The van der Waals surface area contributed by atoms with Crippen molar-refractivity contribution in [3.8, 4) is 0 Å². The van der Waals surface area contributed by atoms with Gasteiger partial charge >= 0.3 is 0 Å². The van der Waals surface area contributed by atoms with E-state index in [0.29, 0.717) is 20.9 Å². The molecule has 0 spiro atoms. The van der Waals surface area contributed by atoms with E-state index in [-0.39, 0.29) is 10.5 Å². The molecular weight excluding hydrogens is 472 g/mol. The van der Waals surface area contributed by atoms with Crippen molar-refractivity contribution in [3.05, 3.63) is 86.7 Å². The Balaban J connectivity index is 1.59. The minimum absolute atomic E-state index is 0.0607. The van der Waals surface area contributed by atoms with Crippen molar-refractivity contribution in [1.82, 2.24) is 9.66 Å². The van der Waals surface area contributed by atoms with Gasteiger partial charge in [0.2, 0.25) is 0 Å². The van der Waals surface area contributed by atoms with Crippen molar-refractivity contribution in [3.63, 3.8) is 0 Å². The lowest BCUT2D eigenvalue weighted by atomic mass is 10.2. The lowest BCUT2D eigenvalue weighted by Gasteiger charge is -2.11. The van der Waals surface area contributed by atoms with E-state index in [0.717, 1.165) is 16.0 Å². The van der Waals surface area contributed by atoms with E-state index in [1.54, 1.807) is 24.3 Å². The van der Waals surface area contributed by atoms with Gasteiger partial charge in [-0.25, -0.2) is 18.1 Å². The van der Waals surface area contributed by atoms with Crippen molar-refractivity contribution in [2.45, 2.75) is 18.2 Å². The highest BCUT2D eigenvalue weighted by atomic mass is 35.5. The topological polar surface area (TPSA) is 110 Å². The lowest BCUT2D eigenvalue weighted by Crippen LogP contribution is -2.33. The smallest absolute Gasteiger partial charge is 0.280 e. The summed E-state index contributed by atoms with van der Waals surface area (Å²) >= 11 is 7.32. The average molecular weight is 489 g/mol. The molecule has 0 aliphatic heterocycles. The summed E-state index contributed by atoms with van der Waals surface area (Å²) in [6.07, 6.45) is 2.01. The number of carbonyl (C=O) groups is 1. The zero-order valence-corrected chi connectivity index (χ0v) is 19.1. The fraction of sp³-hybridized carbons (Fsp3) is 0.0952. The summed E-state index contributed by atoms with van der Waals surface area (Å²) < 4.78 is 28.9. The molecule has 0 saturated carbocycles. The maximum Gasteiger partial charge on any atom is 0.280 e. The number of sulfonamides is 1. The van der Waals surface area contributed by atoms with Crippen LogP contribution in [-0.2, 0) is 16.4 Å². The standard InChI is InChI=1S/C21H17ClN4O4S2/c1-2-16-11-18-20(31-16)23-12-26(21(18)28)24-19(27)13-5-3-8-17(9-13)32(29,30)25-15-7-4-6-14(22)10-15/h3-12,25H,2H2,1H3,(H,24,27). The Kier molecular flexibility index (Phi) is 6.00. The van der Waals surface area contributed by atoms with Crippen LogP contribution in [0.25, 0.3) is 10.2 Å². The van der Waals surface area contributed by atoms with Crippen LogP contribution in [0.4, 0.5) is 5.69 Å². The lowest BCUT2D eigenvalue weighted by molar-refractivity contribution is 0.101. The summed E-state index contributed by atoms with van der Waals surface area (Å²) in [7, 11) is -3.96. The van der Waals surface area contributed by atoms with Crippen LogP contribution in [0, 0.1) is 0 Å². The second-order valence-corrected chi connectivity index (χ2v) is 10.0. The molecule has 32 heavy (non-hydrogen) atoms. The molecule has 11 heteroatoms. The summed E-state index contributed by atoms with van der Waals surface area (Å²) in [5, 5.41) is 0.794. The van der Waals surface area contributed by atoms with Gasteiger partial charge < -0.3 is 0 Å². The number of fused-ring (bicyclic) bond motifs is 1. The van der Waals surface area contributed by atoms with E-state index < -0.39 is 21.5 Å². The van der Waals surface area contributed by atoms with Crippen molar-refractivity contribution in [2.75, 3.05) is 10.1 Å². The normalized spacial score (nSPS) is 11.4. The summed E-state index contributed by atoms with van der Waals surface area (Å²) in [6, 6.07) is 13.5. The van der Waals surface area contributed by atoms with Gasteiger partial charge in [0, 0.05) is 15.5 Å². The molecule has 0 saturated heterocycles. The number of aryl methyl sites for hydroxylation is 1. The summed E-state index contributed by atoms with van der Waals surface area (Å²) in [5.74, 6) is -0.654. The van der Waals surface area contributed by atoms with Gasteiger partial charge in [0.1, 0.15) is 11.2 Å². The molecule has 8 nitrogen and oxygen atoms in total. The predicted octanol–water partition coefficient (Wildman–Crippen LogP) is 3.86. The minimum atomic E-state index is -3.96. The zero-order valence-electron chi connectivity index (χ0n) is 16.7. The molecule has 0 fully saturated rings. The maximum atomic E-state index is 12.7. The minimum Gasteiger partial charge on any atom is -0.280 e. The first kappa shape index (κ1) is 22.0. The third kappa shape index (κ3) is 4.52. The number of hydrogen-bond donors (Lipinski definition) is 2. The number of nitrogens with one attached hydrogen (secondary N) is 2. The first-order chi connectivity index (χ1) is 15.3. The van der Waals surface area contributed by atoms with Gasteiger partial charge in [0.15, 0.2) is 0 Å². The molecule has 0 aliphatic carbocycles. The molecule has 0 bridgehead atoms. The summed E-state index contributed by atoms with van der Waals surface area (Å²) in [6.45, 7) is 1.98. The first-order valence-corrected chi connectivity index (χ1v) is 12.1.